The second-order valence-corrected chi connectivity index (χ2v) is 4.83. The molecular weight excluding hydrogens is 253 g/mol. The second kappa shape index (κ2) is 4.77. The van der Waals surface area contributed by atoms with Gasteiger partial charge in [-0.05, 0) is 18.6 Å². The first-order valence-corrected chi connectivity index (χ1v) is 5.64. The molecule has 1 atom stereocenters. The molecule has 94 valence electrons. The van der Waals surface area contributed by atoms with Crippen LogP contribution in [0.1, 0.15) is 12.8 Å². The van der Waals surface area contributed by atoms with Crippen LogP contribution in [0.15, 0.2) is 0 Å². The van der Waals surface area contributed by atoms with E-state index in [0.29, 0.717) is 0 Å². The van der Waals surface area contributed by atoms with Gasteiger partial charge in [0, 0.05) is 11.8 Å². The maximum atomic E-state index is 12.5. The minimum absolute atomic E-state index is 0.0621. The molecule has 0 bridgehead atoms. The molecule has 0 aliphatic carbocycles. The van der Waals surface area contributed by atoms with E-state index in [-0.39, 0.29) is 11.8 Å². The number of rotatable bonds is 3. The van der Waals surface area contributed by atoms with E-state index in [2.05, 4.69) is 0 Å². The zero-order chi connectivity index (χ0) is 12.4. The van der Waals surface area contributed by atoms with Crippen LogP contribution >= 0.6 is 11.8 Å². The van der Waals surface area contributed by atoms with Gasteiger partial charge in [0.25, 0.3) is 5.91 Å². The van der Waals surface area contributed by atoms with Gasteiger partial charge in [-0.3, -0.25) is 4.79 Å². The van der Waals surface area contributed by atoms with Gasteiger partial charge in [-0.15, -0.1) is 0 Å². The van der Waals surface area contributed by atoms with Crippen molar-refractivity contribution in [1.29, 1.82) is 0 Å². The summed E-state index contributed by atoms with van der Waals surface area (Å²) in [5.74, 6) is -6.74. The molecule has 0 aromatic rings. The lowest BCUT2D eigenvalue weighted by Gasteiger charge is -2.19. The summed E-state index contributed by atoms with van der Waals surface area (Å²) in [5.41, 5.74) is 0. The number of alkyl halides is 5. The number of thioether (sulfide) groups is 1. The molecule has 0 aromatic heterocycles. The van der Waals surface area contributed by atoms with E-state index in [4.69, 9.17) is 0 Å². The van der Waals surface area contributed by atoms with E-state index in [1.165, 1.54) is 11.8 Å². The highest BCUT2D eigenvalue weighted by molar-refractivity contribution is 8.00. The minimum Gasteiger partial charge on any atom is -0.349 e. The monoisotopic (exact) mass is 263 g/mol. The fourth-order valence-corrected chi connectivity index (χ4v) is 2.45. The van der Waals surface area contributed by atoms with Gasteiger partial charge in [0.1, 0.15) is 0 Å². The van der Waals surface area contributed by atoms with Gasteiger partial charge in [0.15, 0.2) is 0 Å². The van der Waals surface area contributed by atoms with Crippen LogP contribution < -0.4 is 5.32 Å². The van der Waals surface area contributed by atoms with Gasteiger partial charge in [0.05, 0.1) is 0 Å². The molecule has 8 heteroatoms. The summed E-state index contributed by atoms with van der Waals surface area (Å²) in [6.45, 7) is -0.144. The highest BCUT2D eigenvalue weighted by Crippen LogP contribution is 2.35. The van der Waals surface area contributed by atoms with Gasteiger partial charge in [0.2, 0.25) is 0 Å². The molecule has 0 saturated carbocycles. The zero-order valence-electron chi connectivity index (χ0n) is 8.11. The first-order valence-electron chi connectivity index (χ1n) is 4.59. The maximum absolute atomic E-state index is 12.5. The number of halogens is 5. The van der Waals surface area contributed by atoms with Crippen LogP contribution in [0.4, 0.5) is 22.0 Å². The lowest BCUT2D eigenvalue weighted by atomic mass is 10.2. The van der Waals surface area contributed by atoms with E-state index in [1.807, 2.05) is 0 Å². The lowest BCUT2D eigenvalue weighted by molar-refractivity contribution is -0.269. The molecule has 0 aromatic carbocycles. The molecule has 1 fully saturated rings. The number of carbonyl (C=O) groups is 1. The Morgan fingerprint density at radius 1 is 1.31 bits per heavy atom. The van der Waals surface area contributed by atoms with Crippen molar-refractivity contribution >= 4 is 17.7 Å². The smallest absolute Gasteiger partial charge is 0.349 e. The molecule has 0 radical (unpaired) electrons. The normalized spacial score (nSPS) is 22.2. The topological polar surface area (TPSA) is 29.1 Å². The molecule has 2 nitrogen and oxygen atoms in total. The summed E-state index contributed by atoms with van der Waals surface area (Å²) < 4.78 is 60.2. The first-order chi connectivity index (χ1) is 7.25. The second-order valence-electron chi connectivity index (χ2n) is 3.42. The summed E-state index contributed by atoms with van der Waals surface area (Å²) in [4.78, 5) is 10.7. The van der Waals surface area contributed by atoms with Crippen molar-refractivity contribution in [2.75, 3.05) is 12.3 Å². The van der Waals surface area contributed by atoms with Crippen molar-refractivity contribution in [1.82, 2.24) is 5.32 Å². The number of amides is 1. The SMILES string of the molecule is O=C(NCC1CCCS1)C(F)(F)C(F)(F)F. The van der Waals surface area contributed by atoms with E-state index in [9.17, 15) is 26.7 Å². The highest BCUT2D eigenvalue weighted by Gasteiger charge is 2.63. The van der Waals surface area contributed by atoms with Crippen LogP contribution in [0, 0.1) is 0 Å². The summed E-state index contributed by atoms with van der Waals surface area (Å²) in [7, 11) is 0. The van der Waals surface area contributed by atoms with Gasteiger partial charge < -0.3 is 5.32 Å². The molecule has 1 heterocycles. The summed E-state index contributed by atoms with van der Waals surface area (Å²) in [6, 6.07) is 0. The number of carbonyl (C=O) groups excluding carboxylic acids is 1. The van der Waals surface area contributed by atoms with E-state index < -0.39 is 18.0 Å². The Morgan fingerprint density at radius 3 is 2.38 bits per heavy atom. The molecule has 1 aliphatic rings. The van der Waals surface area contributed by atoms with Crippen LogP contribution in [0.3, 0.4) is 0 Å². The number of nitrogens with one attached hydrogen (secondary N) is 1. The predicted octanol–water partition coefficient (Wildman–Crippen LogP) is 2.20. The molecule has 16 heavy (non-hydrogen) atoms. The number of hydrogen-bond acceptors (Lipinski definition) is 2. The third-order valence-corrected chi connectivity index (χ3v) is 3.55. The van der Waals surface area contributed by atoms with Crippen molar-refractivity contribution < 1.29 is 26.7 Å². The van der Waals surface area contributed by atoms with Gasteiger partial charge >= 0.3 is 12.1 Å². The van der Waals surface area contributed by atoms with Gasteiger partial charge in [-0.1, -0.05) is 0 Å². The van der Waals surface area contributed by atoms with Gasteiger partial charge in [-0.2, -0.15) is 33.7 Å². The number of hydrogen-bond donors (Lipinski definition) is 1. The fourth-order valence-electron chi connectivity index (χ4n) is 1.25. The lowest BCUT2D eigenvalue weighted by Crippen LogP contribution is -2.51. The van der Waals surface area contributed by atoms with Crippen LogP contribution in [0.25, 0.3) is 0 Å². The third-order valence-electron chi connectivity index (χ3n) is 2.16. The van der Waals surface area contributed by atoms with Crippen molar-refractivity contribution in [3.05, 3.63) is 0 Å². The van der Waals surface area contributed by atoms with E-state index in [0.717, 1.165) is 18.6 Å². The van der Waals surface area contributed by atoms with Crippen molar-refractivity contribution in [3.8, 4) is 0 Å². The van der Waals surface area contributed by atoms with Crippen LogP contribution in [-0.4, -0.2) is 35.6 Å². The average molecular weight is 263 g/mol. The van der Waals surface area contributed by atoms with Crippen LogP contribution in [0.5, 0.6) is 0 Å². The van der Waals surface area contributed by atoms with Crippen molar-refractivity contribution in [2.24, 2.45) is 0 Å². The van der Waals surface area contributed by atoms with E-state index >= 15 is 0 Å². The third kappa shape index (κ3) is 2.99. The van der Waals surface area contributed by atoms with E-state index in [1.54, 1.807) is 5.32 Å². The zero-order valence-corrected chi connectivity index (χ0v) is 8.93. The standard InChI is InChI=1S/C8H10F5NOS/c9-7(10,8(11,12)13)6(15)14-4-5-2-1-3-16-5/h5H,1-4H2,(H,14,15). The molecule has 1 unspecified atom stereocenters. The highest BCUT2D eigenvalue weighted by atomic mass is 32.2. The average Bonchev–Trinajstić information content (AvgIpc) is 2.64. The Morgan fingerprint density at radius 2 is 1.94 bits per heavy atom. The Kier molecular flexibility index (Phi) is 4.03. The largest absolute Gasteiger partial charge is 0.463 e. The Labute approximate surface area is 93.0 Å². The Bertz CT molecular complexity index is 262. The van der Waals surface area contributed by atoms with Crippen LogP contribution in [-0.2, 0) is 4.79 Å². The fraction of sp³-hybridized carbons (Fsp3) is 0.875. The molecule has 1 aliphatic heterocycles. The quantitative estimate of drug-likeness (QED) is 0.791. The van der Waals surface area contributed by atoms with Crippen molar-refractivity contribution in [3.63, 3.8) is 0 Å². The summed E-state index contributed by atoms with van der Waals surface area (Å²) >= 11 is 1.46. The molecule has 1 saturated heterocycles. The predicted molar refractivity (Wildman–Crippen MR) is 49.5 cm³/mol. The minimum atomic E-state index is -5.83. The molecule has 1 amide bonds. The van der Waals surface area contributed by atoms with Crippen molar-refractivity contribution in [2.45, 2.75) is 30.2 Å². The molecular formula is C8H10F5NOS. The Hall–Kier alpha value is -0.530. The molecule has 1 N–H and O–H groups in total. The summed E-state index contributed by atoms with van der Waals surface area (Å²) in [5, 5.41) is 1.58. The van der Waals surface area contributed by atoms with Crippen LogP contribution in [0.2, 0.25) is 0 Å². The molecule has 0 spiro atoms. The molecule has 1 rings (SSSR count). The maximum Gasteiger partial charge on any atom is 0.463 e. The van der Waals surface area contributed by atoms with Gasteiger partial charge in [-0.25, -0.2) is 0 Å². The Balaban J connectivity index is 2.45. The summed E-state index contributed by atoms with van der Waals surface area (Å²) in [6.07, 6.45) is -4.22. The first kappa shape index (κ1) is 13.5.